The summed E-state index contributed by atoms with van der Waals surface area (Å²) >= 11 is 0. The Morgan fingerprint density at radius 1 is 1.42 bits per heavy atom. The minimum Gasteiger partial charge on any atom is -0.345 e. The van der Waals surface area contributed by atoms with E-state index in [0.29, 0.717) is 12.3 Å². The van der Waals surface area contributed by atoms with Crippen LogP contribution >= 0.6 is 0 Å². The van der Waals surface area contributed by atoms with E-state index in [-0.39, 0.29) is 5.91 Å². The molecule has 102 valence electrons. The van der Waals surface area contributed by atoms with Crippen molar-refractivity contribution < 1.29 is 4.79 Å². The third kappa shape index (κ3) is 2.76. The third-order valence-electron chi connectivity index (χ3n) is 4.18. The van der Waals surface area contributed by atoms with Crippen molar-refractivity contribution in [3.8, 4) is 0 Å². The van der Waals surface area contributed by atoms with Crippen molar-refractivity contribution in [2.75, 3.05) is 26.7 Å². The van der Waals surface area contributed by atoms with Gasteiger partial charge in [-0.05, 0) is 12.3 Å². The summed E-state index contributed by atoms with van der Waals surface area (Å²) in [4.78, 5) is 24.3. The van der Waals surface area contributed by atoms with E-state index in [1.54, 1.807) is 6.33 Å². The molecule has 3 heterocycles. The highest BCUT2D eigenvalue weighted by atomic mass is 16.2. The number of fused-ring (bicyclic) bond motifs is 1. The van der Waals surface area contributed by atoms with Crippen molar-refractivity contribution in [2.45, 2.75) is 25.8 Å². The van der Waals surface area contributed by atoms with Crippen molar-refractivity contribution >= 4 is 5.91 Å². The highest BCUT2D eigenvalue weighted by Crippen LogP contribution is 2.21. The number of amides is 1. The number of hydrogen-bond donors (Lipinski definition) is 0. The molecule has 0 N–H and O–H groups in total. The molecule has 0 saturated carbocycles. The normalized spacial score (nSPS) is 24.4. The van der Waals surface area contributed by atoms with Crippen molar-refractivity contribution in [3.05, 3.63) is 23.8 Å². The summed E-state index contributed by atoms with van der Waals surface area (Å²) in [6.45, 7) is 3.99. The lowest BCUT2D eigenvalue weighted by atomic mass is 9.96. The Kier molecular flexibility index (Phi) is 3.46. The summed E-state index contributed by atoms with van der Waals surface area (Å²) in [5.74, 6) is 0.891. The van der Waals surface area contributed by atoms with Crippen molar-refractivity contribution in [1.29, 1.82) is 0 Å². The Bertz CT molecular complexity index is 476. The number of likely N-dealkylation sites (tertiary alicyclic amines) is 1. The predicted octanol–water partition coefficient (Wildman–Crippen LogP) is 0.703. The molecule has 2 aliphatic rings. The number of rotatable bonds is 2. The van der Waals surface area contributed by atoms with Crippen LogP contribution in [0.3, 0.4) is 0 Å². The van der Waals surface area contributed by atoms with Crippen LogP contribution in [-0.4, -0.2) is 52.4 Å². The van der Waals surface area contributed by atoms with E-state index in [9.17, 15) is 4.79 Å². The topological polar surface area (TPSA) is 49.3 Å². The van der Waals surface area contributed by atoms with Crippen LogP contribution in [-0.2, 0) is 17.8 Å². The van der Waals surface area contributed by atoms with Crippen LogP contribution in [0.25, 0.3) is 0 Å². The second kappa shape index (κ2) is 5.25. The van der Waals surface area contributed by atoms with E-state index in [0.717, 1.165) is 39.0 Å². The first-order valence-corrected chi connectivity index (χ1v) is 6.96. The van der Waals surface area contributed by atoms with Crippen molar-refractivity contribution in [3.63, 3.8) is 0 Å². The molecule has 19 heavy (non-hydrogen) atoms. The molecule has 0 radical (unpaired) electrons. The molecule has 1 unspecified atom stereocenters. The van der Waals surface area contributed by atoms with Gasteiger partial charge in [0.15, 0.2) is 0 Å². The number of aromatic nitrogens is 2. The molecule has 0 spiro atoms. The molecular weight excluding hydrogens is 240 g/mol. The molecule has 5 heteroatoms. The van der Waals surface area contributed by atoms with Gasteiger partial charge in [-0.2, -0.15) is 0 Å². The lowest BCUT2D eigenvalue weighted by Crippen LogP contribution is -2.43. The standard InChI is InChI=1S/C14H20N4O/c1-17-7-11(2-3-14(17)19)8-18-5-4-13-12(9-18)6-15-10-16-13/h6,10-11H,2-5,7-9H2,1H3. The van der Waals surface area contributed by atoms with E-state index < -0.39 is 0 Å². The van der Waals surface area contributed by atoms with Crippen LogP contribution in [0.4, 0.5) is 0 Å². The molecular formula is C14H20N4O. The zero-order chi connectivity index (χ0) is 13.2. The van der Waals surface area contributed by atoms with Gasteiger partial charge in [0.1, 0.15) is 6.33 Å². The van der Waals surface area contributed by atoms with Crippen molar-refractivity contribution in [1.82, 2.24) is 19.8 Å². The Balaban J connectivity index is 1.59. The van der Waals surface area contributed by atoms with E-state index in [4.69, 9.17) is 0 Å². The van der Waals surface area contributed by atoms with E-state index in [1.807, 2.05) is 18.1 Å². The van der Waals surface area contributed by atoms with Crippen LogP contribution in [0.1, 0.15) is 24.1 Å². The fourth-order valence-electron chi connectivity index (χ4n) is 3.09. The highest BCUT2D eigenvalue weighted by molar-refractivity contribution is 5.76. The minimum atomic E-state index is 0.286. The summed E-state index contributed by atoms with van der Waals surface area (Å²) in [6.07, 6.45) is 6.31. The first kappa shape index (κ1) is 12.5. The average Bonchev–Trinajstić information content (AvgIpc) is 2.43. The Morgan fingerprint density at radius 3 is 3.16 bits per heavy atom. The summed E-state index contributed by atoms with van der Waals surface area (Å²) in [6, 6.07) is 0. The van der Waals surface area contributed by atoms with Gasteiger partial charge in [0.2, 0.25) is 5.91 Å². The van der Waals surface area contributed by atoms with Gasteiger partial charge in [0.25, 0.3) is 0 Å². The minimum absolute atomic E-state index is 0.286. The van der Waals surface area contributed by atoms with E-state index >= 15 is 0 Å². The maximum Gasteiger partial charge on any atom is 0.222 e. The molecule has 1 atom stereocenters. The number of piperidine rings is 1. The maximum absolute atomic E-state index is 11.5. The van der Waals surface area contributed by atoms with Crippen LogP contribution < -0.4 is 0 Å². The molecule has 1 fully saturated rings. The zero-order valence-corrected chi connectivity index (χ0v) is 11.4. The zero-order valence-electron chi connectivity index (χ0n) is 11.4. The Labute approximate surface area is 113 Å². The quantitative estimate of drug-likeness (QED) is 0.785. The Hall–Kier alpha value is -1.49. The molecule has 3 rings (SSSR count). The first-order chi connectivity index (χ1) is 9.22. The van der Waals surface area contributed by atoms with Crippen LogP contribution in [0, 0.1) is 5.92 Å². The van der Waals surface area contributed by atoms with Gasteiger partial charge in [0, 0.05) is 63.5 Å². The van der Waals surface area contributed by atoms with Crippen LogP contribution in [0.2, 0.25) is 0 Å². The summed E-state index contributed by atoms with van der Waals surface area (Å²) < 4.78 is 0. The molecule has 1 amide bonds. The smallest absolute Gasteiger partial charge is 0.222 e. The van der Waals surface area contributed by atoms with E-state index in [1.165, 1.54) is 11.3 Å². The molecule has 1 saturated heterocycles. The van der Waals surface area contributed by atoms with Gasteiger partial charge in [-0.3, -0.25) is 9.69 Å². The van der Waals surface area contributed by atoms with Gasteiger partial charge in [0.05, 0.1) is 0 Å². The first-order valence-electron chi connectivity index (χ1n) is 6.96. The summed E-state index contributed by atoms with van der Waals surface area (Å²) in [7, 11) is 1.91. The lowest BCUT2D eigenvalue weighted by Gasteiger charge is -2.35. The van der Waals surface area contributed by atoms with Gasteiger partial charge >= 0.3 is 0 Å². The SMILES string of the molecule is CN1CC(CN2CCc3ncncc3C2)CCC1=O. The van der Waals surface area contributed by atoms with Gasteiger partial charge in [-0.25, -0.2) is 9.97 Å². The number of carbonyl (C=O) groups excluding carboxylic acids is 1. The number of nitrogens with zero attached hydrogens (tertiary/aromatic N) is 4. The molecule has 1 aromatic rings. The maximum atomic E-state index is 11.5. The Morgan fingerprint density at radius 2 is 2.32 bits per heavy atom. The second-order valence-corrected chi connectivity index (χ2v) is 5.66. The molecule has 0 bridgehead atoms. The summed E-state index contributed by atoms with van der Waals surface area (Å²) in [5.41, 5.74) is 2.45. The average molecular weight is 260 g/mol. The summed E-state index contributed by atoms with van der Waals surface area (Å²) in [5, 5.41) is 0. The third-order valence-corrected chi connectivity index (χ3v) is 4.18. The largest absolute Gasteiger partial charge is 0.345 e. The molecule has 0 aromatic carbocycles. The fourth-order valence-corrected chi connectivity index (χ4v) is 3.09. The van der Waals surface area contributed by atoms with Gasteiger partial charge in [-0.1, -0.05) is 0 Å². The number of hydrogen-bond acceptors (Lipinski definition) is 4. The van der Waals surface area contributed by atoms with E-state index in [2.05, 4.69) is 14.9 Å². The highest BCUT2D eigenvalue weighted by Gasteiger charge is 2.26. The number of carbonyl (C=O) groups is 1. The predicted molar refractivity (Wildman–Crippen MR) is 71.4 cm³/mol. The van der Waals surface area contributed by atoms with Crippen LogP contribution in [0.15, 0.2) is 12.5 Å². The molecule has 1 aromatic heterocycles. The molecule has 5 nitrogen and oxygen atoms in total. The van der Waals surface area contributed by atoms with Gasteiger partial charge in [-0.15, -0.1) is 0 Å². The lowest BCUT2D eigenvalue weighted by molar-refractivity contribution is -0.133. The fraction of sp³-hybridized carbons (Fsp3) is 0.643. The van der Waals surface area contributed by atoms with Crippen molar-refractivity contribution in [2.24, 2.45) is 5.92 Å². The molecule has 2 aliphatic heterocycles. The van der Waals surface area contributed by atoms with Crippen LogP contribution in [0.5, 0.6) is 0 Å². The molecule has 0 aliphatic carbocycles. The monoisotopic (exact) mass is 260 g/mol. The van der Waals surface area contributed by atoms with Gasteiger partial charge < -0.3 is 4.90 Å². The second-order valence-electron chi connectivity index (χ2n) is 5.66.